The molecule has 0 aromatic rings. The minimum Gasteiger partial charge on any atom is -0.236 e. The van der Waals surface area contributed by atoms with Gasteiger partial charge < -0.3 is 0 Å². The van der Waals surface area contributed by atoms with Crippen molar-refractivity contribution in [3.8, 4) is 0 Å². The lowest BCUT2D eigenvalue weighted by Gasteiger charge is -2.10. The molecule has 0 bridgehead atoms. The molecule has 2 unspecified atom stereocenters. The topological polar surface area (TPSA) is 78.6 Å². The van der Waals surface area contributed by atoms with Crippen molar-refractivity contribution in [3.63, 3.8) is 0 Å². The van der Waals surface area contributed by atoms with Crippen LogP contribution >= 0.6 is 0 Å². The number of rotatable bonds is 2. The van der Waals surface area contributed by atoms with E-state index in [4.69, 9.17) is 14.9 Å². The summed E-state index contributed by atoms with van der Waals surface area (Å²) in [6, 6.07) is 0. The average molecular weight is 207 g/mol. The number of hydrogen-bond donors (Lipinski definition) is 1. The van der Waals surface area contributed by atoms with Gasteiger partial charge in [0.1, 0.15) is 0 Å². The van der Waals surface area contributed by atoms with Crippen LogP contribution in [0.25, 0.3) is 0 Å². The predicted molar refractivity (Wildman–Crippen MR) is 45.0 cm³/mol. The molecule has 1 aliphatic carbocycles. The van der Waals surface area contributed by atoms with Crippen LogP contribution in [-0.2, 0) is 19.8 Å². The highest BCUT2D eigenvalue weighted by Gasteiger charge is 2.62. The van der Waals surface area contributed by atoms with Crippen LogP contribution in [0.5, 0.6) is 0 Å². The molecule has 1 aliphatic heterocycles. The summed E-state index contributed by atoms with van der Waals surface area (Å²) < 4.78 is 21.6. The van der Waals surface area contributed by atoms with E-state index in [1.807, 2.05) is 0 Å². The Labute approximate surface area is 77.2 Å². The van der Waals surface area contributed by atoms with E-state index >= 15 is 0 Å². The maximum absolute atomic E-state index is 11.2. The van der Waals surface area contributed by atoms with Crippen LogP contribution in [0.15, 0.2) is 0 Å². The van der Waals surface area contributed by atoms with E-state index in [1.165, 1.54) is 0 Å². The molecule has 0 radical (unpaired) electrons. The third-order valence-corrected chi connectivity index (χ3v) is 4.89. The van der Waals surface area contributed by atoms with Gasteiger partial charge >= 0.3 is 0 Å². The monoisotopic (exact) mass is 207 g/mol. The van der Waals surface area contributed by atoms with E-state index in [1.54, 1.807) is 6.92 Å². The zero-order chi connectivity index (χ0) is 9.69. The van der Waals surface area contributed by atoms with Gasteiger partial charge in [-0.25, -0.2) is 23.3 Å². The molecule has 2 N–H and O–H groups in total. The molecule has 6 heteroatoms. The first-order valence-corrected chi connectivity index (χ1v) is 5.76. The van der Waals surface area contributed by atoms with Gasteiger partial charge in [0.05, 0.1) is 18.0 Å². The SMILES string of the molecule is CC1(S(N)(=O)=O)CC1C1COOC1. The first-order chi connectivity index (χ1) is 5.95. The lowest BCUT2D eigenvalue weighted by atomic mass is 10.1. The predicted octanol–water partition coefficient (Wildman–Crippen LogP) is -0.368. The lowest BCUT2D eigenvalue weighted by molar-refractivity contribution is -0.248. The average Bonchev–Trinajstić information content (AvgIpc) is 2.51. The smallest absolute Gasteiger partial charge is 0.214 e. The molecule has 76 valence electrons. The molecule has 2 rings (SSSR count). The van der Waals surface area contributed by atoms with Gasteiger partial charge in [-0.15, -0.1) is 0 Å². The Kier molecular flexibility index (Phi) is 1.92. The van der Waals surface area contributed by atoms with Crippen LogP contribution in [-0.4, -0.2) is 26.4 Å². The van der Waals surface area contributed by atoms with Gasteiger partial charge in [-0.3, -0.25) is 0 Å². The molecular formula is C7H13NO4S. The number of sulfonamides is 1. The molecule has 0 amide bonds. The van der Waals surface area contributed by atoms with E-state index in [-0.39, 0.29) is 11.8 Å². The quantitative estimate of drug-likeness (QED) is 0.627. The van der Waals surface area contributed by atoms with Crippen molar-refractivity contribution in [1.82, 2.24) is 0 Å². The van der Waals surface area contributed by atoms with Crippen LogP contribution in [0.2, 0.25) is 0 Å². The van der Waals surface area contributed by atoms with Gasteiger partial charge in [-0.1, -0.05) is 0 Å². The molecule has 0 spiro atoms. The van der Waals surface area contributed by atoms with Gasteiger partial charge in [-0.05, 0) is 19.3 Å². The van der Waals surface area contributed by atoms with Crippen molar-refractivity contribution in [2.75, 3.05) is 13.2 Å². The van der Waals surface area contributed by atoms with Crippen LogP contribution < -0.4 is 5.14 Å². The second kappa shape index (κ2) is 2.66. The van der Waals surface area contributed by atoms with Crippen molar-refractivity contribution in [2.24, 2.45) is 17.0 Å². The van der Waals surface area contributed by atoms with E-state index in [9.17, 15) is 8.42 Å². The lowest BCUT2D eigenvalue weighted by Crippen LogP contribution is -2.31. The van der Waals surface area contributed by atoms with Crippen molar-refractivity contribution >= 4 is 10.0 Å². The van der Waals surface area contributed by atoms with Crippen molar-refractivity contribution < 1.29 is 18.2 Å². The summed E-state index contributed by atoms with van der Waals surface area (Å²) in [5.74, 6) is 0.285. The fraction of sp³-hybridized carbons (Fsp3) is 1.00. The molecule has 2 atom stereocenters. The maximum Gasteiger partial charge on any atom is 0.214 e. The Morgan fingerprint density at radius 1 is 1.38 bits per heavy atom. The van der Waals surface area contributed by atoms with Gasteiger partial charge in [-0.2, -0.15) is 0 Å². The standard InChI is InChI=1S/C7H13NO4S/c1-7(13(8,9)10)2-6(7)5-3-11-12-4-5/h5-6H,2-4H2,1H3,(H2,8,9,10). The zero-order valence-electron chi connectivity index (χ0n) is 7.39. The Balaban J connectivity index is 2.08. The fourth-order valence-corrected chi connectivity index (χ4v) is 2.95. The molecule has 13 heavy (non-hydrogen) atoms. The highest BCUT2D eigenvalue weighted by molar-refractivity contribution is 7.90. The first-order valence-electron chi connectivity index (χ1n) is 4.22. The number of primary sulfonamides is 1. The molecular weight excluding hydrogens is 194 g/mol. The van der Waals surface area contributed by atoms with Crippen molar-refractivity contribution in [2.45, 2.75) is 18.1 Å². The molecule has 2 aliphatic rings. The van der Waals surface area contributed by atoms with Crippen LogP contribution in [0.3, 0.4) is 0 Å². The van der Waals surface area contributed by atoms with Gasteiger partial charge in [0.25, 0.3) is 0 Å². The molecule has 0 aromatic heterocycles. The normalized spacial score (nSPS) is 40.9. The second-order valence-electron chi connectivity index (χ2n) is 4.00. The van der Waals surface area contributed by atoms with Crippen LogP contribution in [0, 0.1) is 11.8 Å². The van der Waals surface area contributed by atoms with Crippen molar-refractivity contribution in [1.29, 1.82) is 0 Å². The van der Waals surface area contributed by atoms with Gasteiger partial charge in [0.2, 0.25) is 10.0 Å². The molecule has 5 nitrogen and oxygen atoms in total. The van der Waals surface area contributed by atoms with Gasteiger partial charge in [0.15, 0.2) is 0 Å². The van der Waals surface area contributed by atoms with Crippen LogP contribution in [0.1, 0.15) is 13.3 Å². The third kappa shape index (κ3) is 1.38. The Morgan fingerprint density at radius 3 is 2.31 bits per heavy atom. The first kappa shape index (κ1) is 9.39. The largest absolute Gasteiger partial charge is 0.236 e. The molecule has 0 aromatic carbocycles. The van der Waals surface area contributed by atoms with E-state index in [0.717, 1.165) is 0 Å². The minimum atomic E-state index is -3.43. The molecule has 2 fully saturated rings. The third-order valence-electron chi connectivity index (χ3n) is 3.12. The fourth-order valence-electron chi connectivity index (χ4n) is 1.92. The highest BCUT2D eigenvalue weighted by Crippen LogP contribution is 2.53. The van der Waals surface area contributed by atoms with E-state index in [2.05, 4.69) is 0 Å². The summed E-state index contributed by atoms with van der Waals surface area (Å²) >= 11 is 0. The summed E-state index contributed by atoms with van der Waals surface area (Å²) in [5, 5.41) is 5.12. The van der Waals surface area contributed by atoms with Gasteiger partial charge in [0, 0.05) is 5.92 Å². The Bertz CT molecular complexity index is 308. The van der Waals surface area contributed by atoms with E-state index < -0.39 is 14.8 Å². The molecule has 1 heterocycles. The van der Waals surface area contributed by atoms with E-state index in [0.29, 0.717) is 19.6 Å². The summed E-state index contributed by atoms with van der Waals surface area (Å²) in [4.78, 5) is 9.46. The minimum absolute atomic E-state index is 0.102. The summed E-state index contributed by atoms with van der Waals surface area (Å²) in [6.45, 7) is 2.65. The second-order valence-corrected chi connectivity index (χ2v) is 6.02. The van der Waals surface area contributed by atoms with Crippen LogP contribution in [0.4, 0.5) is 0 Å². The highest BCUT2D eigenvalue weighted by atomic mass is 32.2. The molecule has 1 saturated carbocycles. The molecule has 1 saturated heterocycles. The zero-order valence-corrected chi connectivity index (χ0v) is 8.21. The Hall–Kier alpha value is -0.170. The summed E-state index contributed by atoms with van der Waals surface area (Å²) in [7, 11) is -3.43. The maximum atomic E-state index is 11.2. The Morgan fingerprint density at radius 2 is 1.92 bits per heavy atom. The van der Waals surface area contributed by atoms with Crippen molar-refractivity contribution in [3.05, 3.63) is 0 Å². The number of nitrogens with two attached hydrogens (primary N) is 1. The number of hydrogen-bond acceptors (Lipinski definition) is 4. The summed E-state index contributed by atoms with van der Waals surface area (Å²) in [5.41, 5.74) is 0. The summed E-state index contributed by atoms with van der Waals surface area (Å²) in [6.07, 6.45) is 0.628.